The van der Waals surface area contributed by atoms with Gasteiger partial charge < -0.3 is 14.9 Å². The molecule has 0 fully saturated rings. The highest BCUT2D eigenvalue weighted by molar-refractivity contribution is 5.69. The van der Waals surface area contributed by atoms with Gasteiger partial charge in [0, 0.05) is 6.54 Å². The fourth-order valence-corrected chi connectivity index (χ4v) is 0.690. The highest BCUT2D eigenvalue weighted by Crippen LogP contribution is 1.83. The van der Waals surface area contributed by atoms with E-state index in [0.717, 1.165) is 0 Å². The number of carbonyl (C=O) groups is 2. The molecule has 0 amide bonds. The van der Waals surface area contributed by atoms with Crippen LogP contribution < -0.4 is 0 Å². The number of hydrogen-bond donors (Lipinski definition) is 2. The van der Waals surface area contributed by atoms with Crippen LogP contribution in [0.4, 0.5) is 0 Å². The Morgan fingerprint density at radius 2 is 1.92 bits per heavy atom. The Labute approximate surface area is 75.7 Å². The molecule has 76 valence electrons. The molecule has 0 aliphatic carbocycles. The molecule has 0 aliphatic rings. The summed E-state index contributed by atoms with van der Waals surface area (Å²) < 4.78 is 4.71. The number of aliphatic carboxylic acids is 2. The first kappa shape index (κ1) is 11.9. The van der Waals surface area contributed by atoms with Gasteiger partial charge in [0.2, 0.25) is 0 Å². The van der Waals surface area contributed by atoms with E-state index < -0.39 is 11.9 Å². The molecular formula is C7H13NO5. The average Bonchev–Trinajstić information content (AvgIpc) is 1.96. The first-order chi connectivity index (χ1) is 6.02. The molecule has 0 aliphatic heterocycles. The van der Waals surface area contributed by atoms with Gasteiger partial charge in [-0.05, 0) is 7.05 Å². The Morgan fingerprint density at radius 3 is 2.38 bits per heavy atom. The lowest BCUT2D eigenvalue weighted by Crippen LogP contribution is -2.29. The van der Waals surface area contributed by atoms with Gasteiger partial charge in [0.1, 0.15) is 6.61 Å². The van der Waals surface area contributed by atoms with Gasteiger partial charge in [0.05, 0.1) is 13.2 Å². The number of nitrogens with zero attached hydrogens (tertiary/aromatic N) is 1. The lowest BCUT2D eigenvalue weighted by molar-refractivity contribution is -0.143. The van der Waals surface area contributed by atoms with E-state index in [2.05, 4.69) is 0 Å². The second kappa shape index (κ2) is 6.38. The van der Waals surface area contributed by atoms with Gasteiger partial charge in [-0.3, -0.25) is 9.69 Å². The molecule has 0 atom stereocenters. The Hall–Kier alpha value is -1.14. The SMILES string of the molecule is CN(CCOCC(=O)O)CC(=O)O. The molecule has 6 nitrogen and oxygen atoms in total. The fourth-order valence-electron chi connectivity index (χ4n) is 0.690. The number of carboxylic acid groups (broad SMARTS) is 2. The van der Waals surface area contributed by atoms with E-state index in [4.69, 9.17) is 14.9 Å². The lowest BCUT2D eigenvalue weighted by atomic mass is 10.5. The number of ether oxygens (including phenoxy) is 1. The van der Waals surface area contributed by atoms with Crippen molar-refractivity contribution in [2.45, 2.75) is 0 Å². The second-order valence-electron chi connectivity index (χ2n) is 2.58. The van der Waals surface area contributed by atoms with E-state index in [1.54, 1.807) is 7.05 Å². The third-order valence-corrected chi connectivity index (χ3v) is 1.25. The van der Waals surface area contributed by atoms with Crippen LogP contribution in [0.3, 0.4) is 0 Å². The Bertz CT molecular complexity index is 182. The monoisotopic (exact) mass is 191 g/mol. The zero-order valence-electron chi connectivity index (χ0n) is 7.39. The van der Waals surface area contributed by atoms with E-state index in [0.29, 0.717) is 6.54 Å². The van der Waals surface area contributed by atoms with Crippen molar-refractivity contribution in [1.82, 2.24) is 4.90 Å². The summed E-state index contributed by atoms with van der Waals surface area (Å²) >= 11 is 0. The minimum atomic E-state index is -1.03. The molecule has 0 aromatic heterocycles. The molecule has 0 bridgehead atoms. The molecule has 0 rings (SSSR count). The third kappa shape index (κ3) is 8.77. The van der Waals surface area contributed by atoms with E-state index in [-0.39, 0.29) is 19.8 Å². The molecular weight excluding hydrogens is 178 g/mol. The summed E-state index contributed by atoms with van der Waals surface area (Å²) in [7, 11) is 1.62. The van der Waals surface area contributed by atoms with Gasteiger partial charge in [0.15, 0.2) is 0 Å². The van der Waals surface area contributed by atoms with Gasteiger partial charge in [-0.1, -0.05) is 0 Å². The van der Waals surface area contributed by atoms with Crippen molar-refractivity contribution in [3.8, 4) is 0 Å². The minimum Gasteiger partial charge on any atom is -0.480 e. The predicted octanol–water partition coefficient (Wildman–Crippen LogP) is -0.896. The molecule has 0 aromatic rings. The van der Waals surface area contributed by atoms with Crippen molar-refractivity contribution >= 4 is 11.9 Å². The zero-order valence-corrected chi connectivity index (χ0v) is 7.39. The van der Waals surface area contributed by atoms with Crippen LogP contribution in [-0.2, 0) is 14.3 Å². The minimum absolute atomic E-state index is 0.0730. The lowest BCUT2D eigenvalue weighted by Gasteiger charge is -2.12. The second-order valence-corrected chi connectivity index (χ2v) is 2.58. The normalized spacial score (nSPS) is 10.3. The Balaban J connectivity index is 3.31. The maximum Gasteiger partial charge on any atom is 0.329 e. The summed E-state index contributed by atoms with van der Waals surface area (Å²) in [6, 6.07) is 0. The summed E-state index contributed by atoms with van der Waals surface area (Å²) in [5, 5.41) is 16.5. The first-order valence-electron chi connectivity index (χ1n) is 3.72. The van der Waals surface area contributed by atoms with Crippen molar-refractivity contribution in [1.29, 1.82) is 0 Å². The zero-order chi connectivity index (χ0) is 10.3. The van der Waals surface area contributed by atoms with Crippen LogP contribution in [0.25, 0.3) is 0 Å². The van der Waals surface area contributed by atoms with Crippen LogP contribution >= 0.6 is 0 Å². The maximum atomic E-state index is 10.2. The first-order valence-corrected chi connectivity index (χ1v) is 3.72. The predicted molar refractivity (Wildman–Crippen MR) is 43.6 cm³/mol. The molecule has 0 radical (unpaired) electrons. The van der Waals surface area contributed by atoms with Crippen LogP contribution in [-0.4, -0.2) is 60.4 Å². The quantitative estimate of drug-likeness (QED) is 0.507. The van der Waals surface area contributed by atoms with Crippen molar-refractivity contribution in [2.75, 3.05) is 33.4 Å². The van der Waals surface area contributed by atoms with Crippen molar-refractivity contribution in [3.05, 3.63) is 0 Å². The Morgan fingerprint density at radius 1 is 1.31 bits per heavy atom. The highest BCUT2D eigenvalue weighted by atomic mass is 16.5. The summed E-state index contributed by atoms with van der Waals surface area (Å²) in [6.45, 7) is 0.201. The average molecular weight is 191 g/mol. The number of rotatable bonds is 7. The van der Waals surface area contributed by atoms with E-state index >= 15 is 0 Å². The Kier molecular flexibility index (Phi) is 5.82. The summed E-state index contributed by atoms with van der Waals surface area (Å²) in [6.07, 6.45) is 0. The van der Waals surface area contributed by atoms with Gasteiger partial charge in [-0.2, -0.15) is 0 Å². The largest absolute Gasteiger partial charge is 0.480 e. The molecule has 13 heavy (non-hydrogen) atoms. The van der Waals surface area contributed by atoms with Crippen LogP contribution in [0.5, 0.6) is 0 Å². The van der Waals surface area contributed by atoms with Gasteiger partial charge in [-0.25, -0.2) is 4.79 Å². The molecule has 6 heteroatoms. The molecule has 2 N–H and O–H groups in total. The standard InChI is InChI=1S/C7H13NO5/c1-8(4-6(9)10)2-3-13-5-7(11)12/h2-5H2,1H3,(H,9,10)(H,11,12). The van der Waals surface area contributed by atoms with E-state index in [1.165, 1.54) is 4.90 Å². The summed E-state index contributed by atoms with van der Waals surface area (Å²) in [4.78, 5) is 21.7. The van der Waals surface area contributed by atoms with Crippen molar-refractivity contribution in [3.63, 3.8) is 0 Å². The van der Waals surface area contributed by atoms with Crippen LogP contribution in [0.1, 0.15) is 0 Å². The number of hydrogen-bond acceptors (Lipinski definition) is 4. The summed E-state index contributed by atoms with van der Waals surface area (Å²) in [5.74, 6) is -1.94. The smallest absolute Gasteiger partial charge is 0.329 e. The van der Waals surface area contributed by atoms with Gasteiger partial charge in [0.25, 0.3) is 0 Å². The van der Waals surface area contributed by atoms with Crippen LogP contribution in [0.2, 0.25) is 0 Å². The summed E-state index contributed by atoms with van der Waals surface area (Å²) in [5.41, 5.74) is 0. The molecule has 0 spiro atoms. The topological polar surface area (TPSA) is 87.1 Å². The fraction of sp³-hybridized carbons (Fsp3) is 0.714. The molecule has 0 saturated carbocycles. The third-order valence-electron chi connectivity index (χ3n) is 1.25. The van der Waals surface area contributed by atoms with Crippen LogP contribution in [0, 0.1) is 0 Å². The van der Waals surface area contributed by atoms with Gasteiger partial charge in [-0.15, -0.1) is 0 Å². The highest BCUT2D eigenvalue weighted by Gasteiger charge is 2.03. The van der Waals surface area contributed by atoms with Gasteiger partial charge >= 0.3 is 11.9 Å². The molecule has 0 aromatic carbocycles. The van der Waals surface area contributed by atoms with E-state index in [9.17, 15) is 9.59 Å². The number of likely N-dealkylation sites (N-methyl/N-ethyl adjacent to an activating group) is 1. The molecule has 0 heterocycles. The molecule has 0 saturated heterocycles. The van der Waals surface area contributed by atoms with E-state index in [1.807, 2.05) is 0 Å². The maximum absolute atomic E-state index is 10.2. The van der Waals surface area contributed by atoms with Crippen LogP contribution in [0.15, 0.2) is 0 Å². The molecule has 0 unspecified atom stereocenters. The van der Waals surface area contributed by atoms with Crippen molar-refractivity contribution in [2.24, 2.45) is 0 Å². The van der Waals surface area contributed by atoms with Crippen molar-refractivity contribution < 1.29 is 24.5 Å². The number of carboxylic acids is 2.